The summed E-state index contributed by atoms with van der Waals surface area (Å²) in [6, 6.07) is 4.60. The molecular formula is C20H27N3O3. The van der Waals surface area contributed by atoms with Crippen LogP contribution >= 0.6 is 0 Å². The fraction of sp³-hybridized carbons (Fsp3) is 0.450. The highest BCUT2D eigenvalue weighted by molar-refractivity contribution is 6.06. The lowest BCUT2D eigenvalue weighted by Gasteiger charge is -2.21. The molecule has 0 fully saturated rings. The minimum absolute atomic E-state index is 0.0198. The average molecular weight is 357 g/mol. The summed E-state index contributed by atoms with van der Waals surface area (Å²) < 4.78 is 1.61. The Balaban J connectivity index is 2.37. The molecule has 1 aromatic carbocycles. The molecule has 1 amide bonds. The van der Waals surface area contributed by atoms with Gasteiger partial charge >= 0.3 is 5.69 Å². The Kier molecular flexibility index (Phi) is 6.18. The van der Waals surface area contributed by atoms with Crippen LogP contribution in [0.3, 0.4) is 0 Å². The Labute approximate surface area is 153 Å². The van der Waals surface area contributed by atoms with E-state index in [0.29, 0.717) is 29.4 Å². The van der Waals surface area contributed by atoms with Crippen molar-refractivity contribution < 1.29 is 9.59 Å². The SMILES string of the molecule is C=CCCC(=O)[C@@H](NC(=O)c1cccc2c1[nH]c(=O)n2C(C)C)C(C)C. The maximum Gasteiger partial charge on any atom is 0.326 e. The quantitative estimate of drug-likeness (QED) is 0.712. The normalized spacial score (nSPS) is 12.5. The van der Waals surface area contributed by atoms with E-state index in [1.54, 1.807) is 28.8 Å². The first-order chi connectivity index (χ1) is 12.3. The van der Waals surface area contributed by atoms with E-state index in [4.69, 9.17) is 0 Å². The Hall–Kier alpha value is -2.63. The molecule has 0 aliphatic heterocycles. The lowest BCUT2D eigenvalue weighted by molar-refractivity contribution is -0.121. The van der Waals surface area contributed by atoms with E-state index in [1.165, 1.54) is 0 Å². The second-order valence-corrected chi connectivity index (χ2v) is 7.08. The highest BCUT2D eigenvalue weighted by Crippen LogP contribution is 2.19. The standard InChI is InChI=1S/C20H27N3O3/c1-6-7-11-16(24)17(12(2)3)21-19(25)14-9-8-10-15-18(14)22-20(26)23(15)13(4)5/h6,8-10,12-13,17H,1,7,11H2,2-5H3,(H,21,25)(H,22,26)/t17-/m0/s1. The number of Topliss-reactive ketones (excluding diaryl/α,β-unsaturated/α-hetero) is 1. The number of ketones is 1. The van der Waals surface area contributed by atoms with Gasteiger partial charge in [0, 0.05) is 12.5 Å². The summed E-state index contributed by atoms with van der Waals surface area (Å²) in [6.45, 7) is 11.2. The molecular weight excluding hydrogens is 330 g/mol. The van der Waals surface area contributed by atoms with Crippen LogP contribution < -0.4 is 11.0 Å². The molecule has 0 aliphatic rings. The number of aromatic nitrogens is 2. The van der Waals surface area contributed by atoms with Gasteiger partial charge in [-0.25, -0.2) is 4.79 Å². The number of carbonyl (C=O) groups excluding carboxylic acids is 2. The van der Waals surface area contributed by atoms with Crippen LogP contribution in [0.2, 0.25) is 0 Å². The average Bonchev–Trinajstić information content (AvgIpc) is 2.92. The lowest BCUT2D eigenvalue weighted by atomic mass is 9.96. The molecule has 1 atom stereocenters. The van der Waals surface area contributed by atoms with Crippen LogP contribution in [-0.2, 0) is 4.79 Å². The van der Waals surface area contributed by atoms with Crippen LogP contribution in [0.25, 0.3) is 11.0 Å². The zero-order chi connectivity index (χ0) is 19.4. The number of H-pyrrole nitrogens is 1. The molecule has 0 spiro atoms. The number of carbonyl (C=O) groups is 2. The molecule has 0 unspecified atom stereocenters. The van der Waals surface area contributed by atoms with E-state index in [1.807, 2.05) is 27.7 Å². The summed E-state index contributed by atoms with van der Waals surface area (Å²) in [5.41, 5.74) is 1.28. The molecule has 6 heteroatoms. The molecule has 2 aromatic rings. The van der Waals surface area contributed by atoms with Gasteiger partial charge in [-0.15, -0.1) is 6.58 Å². The molecule has 26 heavy (non-hydrogen) atoms. The first-order valence-corrected chi connectivity index (χ1v) is 8.95. The monoisotopic (exact) mass is 357 g/mol. The van der Waals surface area contributed by atoms with Crippen molar-refractivity contribution in [2.45, 2.75) is 52.6 Å². The van der Waals surface area contributed by atoms with E-state index < -0.39 is 6.04 Å². The molecule has 0 saturated carbocycles. The molecule has 2 N–H and O–H groups in total. The van der Waals surface area contributed by atoms with Crippen LogP contribution in [0.5, 0.6) is 0 Å². The van der Waals surface area contributed by atoms with Crippen molar-refractivity contribution in [3.05, 3.63) is 46.9 Å². The molecule has 2 rings (SSSR count). The highest BCUT2D eigenvalue weighted by Gasteiger charge is 2.25. The van der Waals surface area contributed by atoms with E-state index in [-0.39, 0.29) is 29.3 Å². The van der Waals surface area contributed by atoms with Crippen molar-refractivity contribution in [3.63, 3.8) is 0 Å². The first kappa shape index (κ1) is 19.7. The van der Waals surface area contributed by atoms with E-state index in [2.05, 4.69) is 16.9 Å². The number of nitrogens with one attached hydrogen (secondary N) is 2. The van der Waals surface area contributed by atoms with Gasteiger partial charge in [0.2, 0.25) is 0 Å². The molecule has 1 heterocycles. The van der Waals surface area contributed by atoms with Crippen LogP contribution in [-0.4, -0.2) is 27.3 Å². The number of aromatic amines is 1. The Morgan fingerprint density at radius 1 is 1.27 bits per heavy atom. The molecule has 0 bridgehead atoms. The van der Waals surface area contributed by atoms with Gasteiger partial charge in [-0.3, -0.25) is 14.2 Å². The second kappa shape index (κ2) is 8.17. The number of amides is 1. The first-order valence-electron chi connectivity index (χ1n) is 8.95. The number of imidazole rings is 1. The predicted octanol–water partition coefficient (Wildman–Crippen LogP) is 3.20. The van der Waals surface area contributed by atoms with E-state index in [0.717, 1.165) is 0 Å². The van der Waals surface area contributed by atoms with Gasteiger partial charge in [-0.1, -0.05) is 26.0 Å². The topological polar surface area (TPSA) is 84.0 Å². The van der Waals surface area contributed by atoms with Gasteiger partial charge in [0.05, 0.1) is 22.6 Å². The third-order valence-electron chi connectivity index (χ3n) is 4.41. The molecule has 1 aromatic heterocycles. The van der Waals surface area contributed by atoms with Crippen LogP contribution in [0.15, 0.2) is 35.6 Å². The number of hydrogen-bond donors (Lipinski definition) is 2. The Bertz CT molecular complexity index is 874. The van der Waals surface area contributed by atoms with Gasteiger partial charge < -0.3 is 10.3 Å². The lowest BCUT2D eigenvalue weighted by Crippen LogP contribution is -2.44. The van der Waals surface area contributed by atoms with E-state index in [9.17, 15) is 14.4 Å². The van der Waals surface area contributed by atoms with Crippen molar-refractivity contribution >= 4 is 22.7 Å². The van der Waals surface area contributed by atoms with Crippen LogP contribution in [0, 0.1) is 5.92 Å². The third-order valence-corrected chi connectivity index (χ3v) is 4.41. The third kappa shape index (κ3) is 3.95. The fourth-order valence-corrected chi connectivity index (χ4v) is 3.09. The predicted molar refractivity (Wildman–Crippen MR) is 103 cm³/mol. The second-order valence-electron chi connectivity index (χ2n) is 7.08. The minimum atomic E-state index is -0.573. The summed E-state index contributed by atoms with van der Waals surface area (Å²) in [7, 11) is 0. The zero-order valence-corrected chi connectivity index (χ0v) is 15.8. The minimum Gasteiger partial charge on any atom is -0.342 e. The maximum absolute atomic E-state index is 12.8. The molecule has 140 valence electrons. The summed E-state index contributed by atoms with van der Waals surface area (Å²) >= 11 is 0. The number of nitrogens with zero attached hydrogens (tertiary/aromatic N) is 1. The van der Waals surface area contributed by atoms with Crippen LogP contribution in [0.1, 0.15) is 56.9 Å². The van der Waals surface area contributed by atoms with Gasteiger partial charge in [0.15, 0.2) is 5.78 Å². The van der Waals surface area contributed by atoms with Crippen molar-refractivity contribution in [2.75, 3.05) is 0 Å². The zero-order valence-electron chi connectivity index (χ0n) is 15.8. The van der Waals surface area contributed by atoms with Crippen molar-refractivity contribution in [1.82, 2.24) is 14.9 Å². The molecule has 6 nitrogen and oxygen atoms in total. The Morgan fingerprint density at radius 2 is 1.96 bits per heavy atom. The summed E-state index contributed by atoms with van der Waals surface area (Å²) in [4.78, 5) is 40.2. The van der Waals surface area contributed by atoms with Crippen molar-refractivity contribution in [3.8, 4) is 0 Å². The summed E-state index contributed by atoms with van der Waals surface area (Å²) in [5.74, 6) is -0.415. The molecule has 0 aliphatic carbocycles. The smallest absolute Gasteiger partial charge is 0.326 e. The van der Waals surface area contributed by atoms with Gasteiger partial charge in [0.25, 0.3) is 5.91 Å². The van der Waals surface area contributed by atoms with E-state index >= 15 is 0 Å². The largest absolute Gasteiger partial charge is 0.342 e. The summed E-state index contributed by atoms with van der Waals surface area (Å²) in [5, 5.41) is 2.84. The van der Waals surface area contributed by atoms with Crippen molar-refractivity contribution in [2.24, 2.45) is 5.92 Å². The van der Waals surface area contributed by atoms with Crippen molar-refractivity contribution in [1.29, 1.82) is 0 Å². The summed E-state index contributed by atoms with van der Waals surface area (Å²) in [6.07, 6.45) is 2.62. The Morgan fingerprint density at radius 3 is 2.54 bits per heavy atom. The number of benzene rings is 1. The number of fused-ring (bicyclic) bond motifs is 1. The maximum atomic E-state index is 12.8. The fourth-order valence-electron chi connectivity index (χ4n) is 3.09. The van der Waals surface area contributed by atoms with Gasteiger partial charge in [0.1, 0.15) is 0 Å². The van der Waals surface area contributed by atoms with Gasteiger partial charge in [-0.2, -0.15) is 0 Å². The molecule has 0 radical (unpaired) electrons. The van der Waals surface area contributed by atoms with Crippen LogP contribution in [0.4, 0.5) is 0 Å². The number of hydrogen-bond acceptors (Lipinski definition) is 3. The number of rotatable bonds is 8. The highest BCUT2D eigenvalue weighted by atomic mass is 16.2. The number of allylic oxidation sites excluding steroid dienone is 1. The van der Waals surface area contributed by atoms with Gasteiger partial charge in [-0.05, 0) is 38.3 Å². The molecule has 0 saturated heterocycles. The number of para-hydroxylation sites is 1.